The summed E-state index contributed by atoms with van der Waals surface area (Å²) in [5.41, 5.74) is 8.14. The van der Waals surface area contributed by atoms with Crippen LogP contribution in [0.3, 0.4) is 0 Å². The second-order valence-electron chi connectivity index (χ2n) is 3.48. The fraction of sp³-hybridized carbons (Fsp3) is 0.167. The summed E-state index contributed by atoms with van der Waals surface area (Å²) < 4.78 is 5.26. The predicted octanol–water partition coefficient (Wildman–Crippen LogP) is 2.04. The van der Waals surface area contributed by atoms with E-state index >= 15 is 0 Å². The van der Waals surface area contributed by atoms with Gasteiger partial charge in [-0.15, -0.1) is 0 Å². The molecule has 0 aliphatic carbocycles. The SMILES string of the molecule is COc1ccc(N)cc1-c1nccc(C)n1. The molecule has 0 spiro atoms. The van der Waals surface area contributed by atoms with Gasteiger partial charge < -0.3 is 10.5 Å². The van der Waals surface area contributed by atoms with E-state index in [1.165, 1.54) is 0 Å². The first-order chi connectivity index (χ1) is 7.70. The Morgan fingerprint density at radius 2 is 2.06 bits per heavy atom. The van der Waals surface area contributed by atoms with Gasteiger partial charge in [0.25, 0.3) is 0 Å². The number of nitrogen functional groups attached to an aromatic ring is 1. The number of aryl methyl sites for hydroxylation is 1. The van der Waals surface area contributed by atoms with E-state index in [0.29, 0.717) is 11.5 Å². The Kier molecular flexibility index (Phi) is 2.72. The Bertz CT molecular complexity index is 511. The van der Waals surface area contributed by atoms with Crippen LogP contribution in [0.25, 0.3) is 11.4 Å². The second kappa shape index (κ2) is 4.18. The maximum absolute atomic E-state index is 5.75. The van der Waals surface area contributed by atoms with Crippen LogP contribution in [0.1, 0.15) is 5.69 Å². The molecule has 16 heavy (non-hydrogen) atoms. The van der Waals surface area contributed by atoms with Crippen LogP contribution in [0.2, 0.25) is 0 Å². The highest BCUT2D eigenvalue weighted by Gasteiger charge is 2.08. The molecule has 2 rings (SSSR count). The molecule has 1 heterocycles. The third kappa shape index (κ3) is 1.95. The van der Waals surface area contributed by atoms with Gasteiger partial charge in [0.15, 0.2) is 5.82 Å². The molecule has 2 N–H and O–H groups in total. The van der Waals surface area contributed by atoms with E-state index in [0.717, 1.165) is 17.0 Å². The van der Waals surface area contributed by atoms with Crippen LogP contribution in [-0.4, -0.2) is 17.1 Å². The average Bonchev–Trinajstić information content (AvgIpc) is 2.29. The molecule has 4 heteroatoms. The van der Waals surface area contributed by atoms with E-state index < -0.39 is 0 Å². The maximum Gasteiger partial charge on any atom is 0.163 e. The molecule has 1 aromatic carbocycles. The zero-order chi connectivity index (χ0) is 11.5. The highest BCUT2D eigenvalue weighted by atomic mass is 16.5. The summed E-state index contributed by atoms with van der Waals surface area (Å²) in [6, 6.07) is 7.27. The number of rotatable bonds is 2. The highest BCUT2D eigenvalue weighted by molar-refractivity contribution is 5.68. The van der Waals surface area contributed by atoms with Gasteiger partial charge in [0.2, 0.25) is 0 Å². The van der Waals surface area contributed by atoms with Crippen molar-refractivity contribution < 1.29 is 4.74 Å². The first-order valence-corrected chi connectivity index (χ1v) is 4.94. The molecule has 0 atom stereocenters. The Hall–Kier alpha value is -2.10. The Labute approximate surface area is 94.1 Å². The van der Waals surface area contributed by atoms with Gasteiger partial charge in [-0.2, -0.15) is 0 Å². The van der Waals surface area contributed by atoms with Crippen molar-refractivity contribution in [3.63, 3.8) is 0 Å². The number of hydrogen-bond donors (Lipinski definition) is 1. The van der Waals surface area contributed by atoms with Gasteiger partial charge in [-0.1, -0.05) is 0 Å². The lowest BCUT2D eigenvalue weighted by molar-refractivity contribution is 0.416. The van der Waals surface area contributed by atoms with E-state index in [4.69, 9.17) is 10.5 Å². The van der Waals surface area contributed by atoms with E-state index in [1.807, 2.05) is 25.1 Å². The van der Waals surface area contributed by atoms with Crippen molar-refractivity contribution in [2.24, 2.45) is 0 Å². The summed E-state index contributed by atoms with van der Waals surface area (Å²) in [6.45, 7) is 1.92. The van der Waals surface area contributed by atoms with Crippen molar-refractivity contribution in [3.05, 3.63) is 36.2 Å². The van der Waals surface area contributed by atoms with Crippen LogP contribution in [0.5, 0.6) is 5.75 Å². The molecule has 0 saturated heterocycles. The number of nitrogens with two attached hydrogens (primary N) is 1. The van der Waals surface area contributed by atoms with Crippen molar-refractivity contribution in [2.45, 2.75) is 6.92 Å². The maximum atomic E-state index is 5.75. The molecule has 4 nitrogen and oxygen atoms in total. The number of methoxy groups -OCH3 is 1. The zero-order valence-corrected chi connectivity index (χ0v) is 9.27. The Morgan fingerprint density at radius 3 is 2.75 bits per heavy atom. The largest absolute Gasteiger partial charge is 0.496 e. The molecule has 0 radical (unpaired) electrons. The lowest BCUT2D eigenvalue weighted by atomic mass is 10.1. The monoisotopic (exact) mass is 215 g/mol. The molecule has 1 aromatic heterocycles. The predicted molar refractivity (Wildman–Crippen MR) is 63.2 cm³/mol. The molecule has 0 aliphatic rings. The summed E-state index contributed by atoms with van der Waals surface area (Å²) in [5.74, 6) is 1.35. The van der Waals surface area contributed by atoms with E-state index in [-0.39, 0.29) is 0 Å². The summed E-state index contributed by atoms with van der Waals surface area (Å²) in [7, 11) is 1.62. The van der Waals surface area contributed by atoms with Gasteiger partial charge in [0, 0.05) is 17.6 Å². The molecular weight excluding hydrogens is 202 g/mol. The van der Waals surface area contributed by atoms with Crippen LogP contribution < -0.4 is 10.5 Å². The number of nitrogens with zero attached hydrogens (tertiary/aromatic N) is 2. The van der Waals surface area contributed by atoms with Gasteiger partial charge >= 0.3 is 0 Å². The number of ether oxygens (including phenoxy) is 1. The molecule has 0 aliphatic heterocycles. The molecule has 2 aromatic rings. The van der Waals surface area contributed by atoms with E-state index in [2.05, 4.69) is 9.97 Å². The van der Waals surface area contributed by atoms with Gasteiger partial charge in [-0.05, 0) is 31.2 Å². The number of hydrogen-bond acceptors (Lipinski definition) is 4. The van der Waals surface area contributed by atoms with Crippen molar-refractivity contribution in [1.82, 2.24) is 9.97 Å². The van der Waals surface area contributed by atoms with Crippen molar-refractivity contribution >= 4 is 5.69 Å². The molecule has 0 amide bonds. The number of aromatic nitrogens is 2. The lowest BCUT2D eigenvalue weighted by Gasteiger charge is -2.08. The normalized spacial score (nSPS) is 10.1. The van der Waals surface area contributed by atoms with Gasteiger partial charge in [0.05, 0.1) is 12.7 Å². The zero-order valence-electron chi connectivity index (χ0n) is 9.27. The van der Waals surface area contributed by atoms with Crippen LogP contribution in [-0.2, 0) is 0 Å². The minimum atomic E-state index is 0.629. The quantitative estimate of drug-likeness (QED) is 0.779. The molecule has 0 saturated carbocycles. The van der Waals surface area contributed by atoms with Gasteiger partial charge in [0.1, 0.15) is 5.75 Å². The molecule has 0 fully saturated rings. The Morgan fingerprint density at radius 1 is 1.25 bits per heavy atom. The topological polar surface area (TPSA) is 61.0 Å². The number of anilines is 1. The Balaban J connectivity index is 2.58. The lowest BCUT2D eigenvalue weighted by Crippen LogP contribution is -1.95. The van der Waals surface area contributed by atoms with Crippen LogP contribution in [0.15, 0.2) is 30.5 Å². The second-order valence-corrected chi connectivity index (χ2v) is 3.48. The van der Waals surface area contributed by atoms with E-state index in [9.17, 15) is 0 Å². The van der Waals surface area contributed by atoms with Crippen molar-refractivity contribution in [1.29, 1.82) is 0 Å². The smallest absolute Gasteiger partial charge is 0.163 e. The minimum absolute atomic E-state index is 0.629. The van der Waals surface area contributed by atoms with Crippen molar-refractivity contribution in [3.8, 4) is 17.1 Å². The highest BCUT2D eigenvalue weighted by Crippen LogP contribution is 2.29. The van der Waals surface area contributed by atoms with Crippen molar-refractivity contribution in [2.75, 3.05) is 12.8 Å². The molecule has 0 unspecified atom stereocenters. The molecule has 82 valence electrons. The molecule has 0 bridgehead atoms. The third-order valence-corrected chi connectivity index (χ3v) is 2.26. The van der Waals surface area contributed by atoms with Gasteiger partial charge in [-0.3, -0.25) is 0 Å². The fourth-order valence-corrected chi connectivity index (χ4v) is 1.48. The first kappa shape index (κ1) is 10.4. The average molecular weight is 215 g/mol. The van der Waals surface area contributed by atoms with Crippen LogP contribution in [0, 0.1) is 6.92 Å². The standard InChI is InChI=1S/C12H13N3O/c1-8-5-6-14-12(15-8)10-7-9(13)3-4-11(10)16-2/h3-7H,13H2,1-2H3. The first-order valence-electron chi connectivity index (χ1n) is 4.94. The summed E-state index contributed by atoms with van der Waals surface area (Å²) in [4.78, 5) is 8.56. The van der Waals surface area contributed by atoms with Crippen LogP contribution in [0.4, 0.5) is 5.69 Å². The summed E-state index contributed by atoms with van der Waals surface area (Å²) >= 11 is 0. The summed E-state index contributed by atoms with van der Waals surface area (Å²) in [6.07, 6.45) is 1.72. The number of benzene rings is 1. The summed E-state index contributed by atoms with van der Waals surface area (Å²) in [5, 5.41) is 0. The fourth-order valence-electron chi connectivity index (χ4n) is 1.48. The minimum Gasteiger partial charge on any atom is -0.496 e. The van der Waals surface area contributed by atoms with Crippen LogP contribution >= 0.6 is 0 Å². The third-order valence-electron chi connectivity index (χ3n) is 2.26. The molecular formula is C12H13N3O. The van der Waals surface area contributed by atoms with Gasteiger partial charge in [-0.25, -0.2) is 9.97 Å². The van der Waals surface area contributed by atoms with E-state index in [1.54, 1.807) is 19.4 Å².